The molecule has 1 rings (SSSR count). The molecule has 0 unspecified atom stereocenters. The van der Waals surface area contributed by atoms with Crippen LogP contribution in [-0.2, 0) is 11.2 Å². The van der Waals surface area contributed by atoms with Crippen LogP contribution in [0.4, 0.5) is 10.5 Å². The topological polar surface area (TPSA) is 56.8 Å². The van der Waals surface area contributed by atoms with E-state index in [0.717, 1.165) is 5.56 Å². The van der Waals surface area contributed by atoms with Crippen molar-refractivity contribution in [1.29, 1.82) is 0 Å². The van der Waals surface area contributed by atoms with Gasteiger partial charge in [0.05, 0.1) is 19.9 Å². The van der Waals surface area contributed by atoms with Crippen molar-refractivity contribution in [1.82, 2.24) is 0 Å². The van der Waals surface area contributed by atoms with Crippen LogP contribution in [0, 0.1) is 12.3 Å². The Labute approximate surface area is 131 Å². The number of aryl methyl sites for hydroxylation is 1. The van der Waals surface area contributed by atoms with Crippen molar-refractivity contribution < 1.29 is 19.0 Å². The van der Waals surface area contributed by atoms with E-state index < -0.39 is 11.7 Å². The van der Waals surface area contributed by atoms with Gasteiger partial charge in [-0.2, -0.15) is 0 Å². The largest absolute Gasteiger partial charge is 0.493 e. The van der Waals surface area contributed by atoms with E-state index in [1.54, 1.807) is 33.9 Å². The number of hydrogen-bond acceptors (Lipinski definition) is 4. The molecule has 1 aromatic carbocycles. The molecule has 1 amide bonds. The molecular formula is C17H23NO4. The molecule has 1 N–H and O–H groups in total. The van der Waals surface area contributed by atoms with Gasteiger partial charge < -0.3 is 14.2 Å². The third-order valence-corrected chi connectivity index (χ3v) is 2.78. The van der Waals surface area contributed by atoms with Crippen molar-refractivity contribution in [3.63, 3.8) is 0 Å². The molecule has 5 heteroatoms. The number of rotatable bonds is 5. The van der Waals surface area contributed by atoms with Crippen molar-refractivity contribution in [3.05, 3.63) is 17.7 Å². The maximum absolute atomic E-state index is 12.0. The van der Waals surface area contributed by atoms with Crippen LogP contribution in [0.2, 0.25) is 0 Å². The first kappa shape index (κ1) is 17.7. The van der Waals surface area contributed by atoms with Gasteiger partial charge in [-0.05, 0) is 38.8 Å². The number of benzene rings is 1. The summed E-state index contributed by atoms with van der Waals surface area (Å²) in [5.41, 5.74) is 0.892. The van der Waals surface area contributed by atoms with Gasteiger partial charge in [0.15, 0.2) is 11.5 Å². The van der Waals surface area contributed by atoms with Gasteiger partial charge in [0.1, 0.15) is 5.60 Å². The van der Waals surface area contributed by atoms with E-state index in [0.29, 0.717) is 30.0 Å². The summed E-state index contributed by atoms with van der Waals surface area (Å²) in [5.74, 6) is 3.70. The molecule has 0 aliphatic heterocycles. The highest BCUT2D eigenvalue weighted by molar-refractivity contribution is 5.86. The smallest absolute Gasteiger partial charge is 0.412 e. The molecule has 5 nitrogen and oxygen atoms in total. The monoisotopic (exact) mass is 305 g/mol. The first-order valence-electron chi connectivity index (χ1n) is 6.99. The minimum absolute atomic E-state index is 0.526. The fourth-order valence-corrected chi connectivity index (χ4v) is 1.86. The number of amides is 1. The average molecular weight is 305 g/mol. The molecule has 0 fully saturated rings. The molecule has 0 heterocycles. The molecule has 0 aliphatic carbocycles. The van der Waals surface area contributed by atoms with Crippen molar-refractivity contribution in [2.45, 2.75) is 39.2 Å². The Morgan fingerprint density at radius 2 is 1.82 bits per heavy atom. The third-order valence-electron chi connectivity index (χ3n) is 2.78. The van der Waals surface area contributed by atoms with Crippen LogP contribution in [0.3, 0.4) is 0 Å². The lowest BCUT2D eigenvalue weighted by molar-refractivity contribution is 0.0635. The van der Waals surface area contributed by atoms with E-state index in [-0.39, 0.29) is 0 Å². The van der Waals surface area contributed by atoms with Gasteiger partial charge in [0, 0.05) is 12.5 Å². The number of methoxy groups -OCH3 is 2. The molecule has 0 aliphatic rings. The summed E-state index contributed by atoms with van der Waals surface area (Å²) in [6.07, 6.45) is 5.96. The van der Waals surface area contributed by atoms with Gasteiger partial charge in [-0.3, -0.25) is 5.32 Å². The maximum Gasteiger partial charge on any atom is 0.412 e. The summed E-state index contributed by atoms with van der Waals surface area (Å²) in [6.45, 7) is 5.42. The van der Waals surface area contributed by atoms with E-state index in [2.05, 4.69) is 11.2 Å². The second-order valence-corrected chi connectivity index (χ2v) is 5.70. The molecule has 0 spiro atoms. The summed E-state index contributed by atoms with van der Waals surface area (Å²) in [6, 6.07) is 3.51. The number of hydrogen-bond donors (Lipinski definition) is 1. The molecule has 1 aromatic rings. The van der Waals surface area contributed by atoms with E-state index in [1.807, 2.05) is 6.07 Å². The fraction of sp³-hybridized carbons (Fsp3) is 0.471. The van der Waals surface area contributed by atoms with Crippen molar-refractivity contribution >= 4 is 11.8 Å². The molecule has 0 atom stereocenters. The van der Waals surface area contributed by atoms with Crippen molar-refractivity contribution in [2.24, 2.45) is 0 Å². The summed E-state index contributed by atoms with van der Waals surface area (Å²) in [5, 5.41) is 2.74. The second kappa shape index (κ2) is 7.60. The average Bonchev–Trinajstić information content (AvgIpc) is 2.43. The number of terminal acetylenes is 1. The van der Waals surface area contributed by atoms with Crippen LogP contribution < -0.4 is 14.8 Å². The van der Waals surface area contributed by atoms with Crippen LogP contribution in [0.5, 0.6) is 11.5 Å². The predicted octanol–water partition coefficient (Wildman–Crippen LogP) is 3.62. The Morgan fingerprint density at radius 3 is 2.32 bits per heavy atom. The fourth-order valence-electron chi connectivity index (χ4n) is 1.86. The van der Waals surface area contributed by atoms with Crippen LogP contribution >= 0.6 is 0 Å². The SMILES string of the molecule is C#CCCc1cc(OC)c(OC)cc1NC(=O)OC(C)(C)C. The van der Waals surface area contributed by atoms with Gasteiger partial charge in [0.25, 0.3) is 0 Å². The summed E-state index contributed by atoms with van der Waals surface area (Å²) < 4.78 is 15.8. The Hall–Kier alpha value is -2.35. The zero-order valence-corrected chi connectivity index (χ0v) is 13.8. The van der Waals surface area contributed by atoms with Crippen molar-refractivity contribution in [2.75, 3.05) is 19.5 Å². The maximum atomic E-state index is 12.0. The van der Waals surface area contributed by atoms with Gasteiger partial charge >= 0.3 is 6.09 Å². The lowest BCUT2D eigenvalue weighted by Gasteiger charge is -2.21. The van der Waals surface area contributed by atoms with Crippen LogP contribution in [0.25, 0.3) is 0 Å². The minimum Gasteiger partial charge on any atom is -0.493 e. The Balaban J connectivity index is 3.09. The van der Waals surface area contributed by atoms with Crippen LogP contribution in [0.1, 0.15) is 32.8 Å². The van der Waals surface area contributed by atoms with Crippen LogP contribution in [0.15, 0.2) is 12.1 Å². The van der Waals surface area contributed by atoms with Crippen LogP contribution in [-0.4, -0.2) is 25.9 Å². The van der Waals surface area contributed by atoms with Gasteiger partial charge in [-0.15, -0.1) is 12.3 Å². The molecule has 0 radical (unpaired) electrons. The third kappa shape index (κ3) is 5.21. The zero-order valence-electron chi connectivity index (χ0n) is 13.8. The van der Waals surface area contributed by atoms with Gasteiger partial charge in [-0.1, -0.05) is 0 Å². The number of nitrogens with one attached hydrogen (secondary N) is 1. The lowest BCUT2D eigenvalue weighted by atomic mass is 10.1. The second-order valence-electron chi connectivity index (χ2n) is 5.70. The lowest BCUT2D eigenvalue weighted by Crippen LogP contribution is -2.27. The quantitative estimate of drug-likeness (QED) is 0.844. The van der Waals surface area contributed by atoms with Gasteiger partial charge in [0.2, 0.25) is 0 Å². The highest BCUT2D eigenvalue weighted by atomic mass is 16.6. The standard InChI is InChI=1S/C17H23NO4/c1-7-8-9-12-10-14(20-5)15(21-6)11-13(12)18-16(19)22-17(2,3)4/h1,10-11H,8-9H2,2-6H3,(H,18,19). The first-order chi connectivity index (χ1) is 10.3. The molecule has 22 heavy (non-hydrogen) atoms. The van der Waals surface area contributed by atoms with Gasteiger partial charge in [-0.25, -0.2) is 4.79 Å². The van der Waals surface area contributed by atoms with E-state index >= 15 is 0 Å². The number of ether oxygens (including phenoxy) is 3. The number of anilines is 1. The molecule has 0 bridgehead atoms. The number of carbonyl (C=O) groups is 1. The predicted molar refractivity (Wildman–Crippen MR) is 86.6 cm³/mol. The summed E-state index contributed by atoms with van der Waals surface area (Å²) in [7, 11) is 3.10. The first-order valence-corrected chi connectivity index (χ1v) is 6.99. The Kier molecular flexibility index (Phi) is 6.11. The van der Waals surface area contributed by atoms with Crippen molar-refractivity contribution in [3.8, 4) is 23.8 Å². The van der Waals surface area contributed by atoms with E-state index in [9.17, 15) is 4.79 Å². The molecule has 0 saturated heterocycles. The Morgan fingerprint density at radius 1 is 1.23 bits per heavy atom. The Bertz CT molecular complexity index is 567. The highest BCUT2D eigenvalue weighted by Gasteiger charge is 2.18. The summed E-state index contributed by atoms with van der Waals surface area (Å²) in [4.78, 5) is 12.0. The minimum atomic E-state index is -0.570. The zero-order chi connectivity index (χ0) is 16.8. The molecule has 0 saturated carbocycles. The summed E-state index contributed by atoms with van der Waals surface area (Å²) >= 11 is 0. The normalized spacial score (nSPS) is 10.5. The van der Waals surface area contributed by atoms with E-state index in [4.69, 9.17) is 20.6 Å². The van der Waals surface area contributed by atoms with E-state index in [1.165, 1.54) is 7.11 Å². The highest BCUT2D eigenvalue weighted by Crippen LogP contribution is 2.34. The molecule has 120 valence electrons. The molecular weight excluding hydrogens is 282 g/mol. The number of carbonyl (C=O) groups excluding carboxylic acids is 1. The molecule has 0 aromatic heterocycles.